The number of thiocarbonyl (C=S) groups is 1. The summed E-state index contributed by atoms with van der Waals surface area (Å²) in [5.74, 6) is 1.53. The van der Waals surface area contributed by atoms with Crippen molar-refractivity contribution in [3.8, 4) is 5.75 Å². The van der Waals surface area contributed by atoms with E-state index in [9.17, 15) is 5.11 Å². The van der Waals surface area contributed by atoms with Crippen LogP contribution in [0.15, 0.2) is 78.1 Å². The number of hydrogen-bond acceptors (Lipinski definition) is 4. The number of benzene rings is 2. The molecule has 6 heteroatoms. The van der Waals surface area contributed by atoms with Crippen molar-refractivity contribution in [1.82, 2.24) is 4.90 Å². The van der Waals surface area contributed by atoms with E-state index < -0.39 is 5.60 Å². The van der Waals surface area contributed by atoms with Crippen LogP contribution in [0.1, 0.15) is 39.2 Å². The summed E-state index contributed by atoms with van der Waals surface area (Å²) in [5.41, 5.74) is 2.16. The Morgan fingerprint density at radius 1 is 1.12 bits per heavy atom. The Morgan fingerprint density at radius 2 is 1.74 bits per heavy atom. The lowest BCUT2D eigenvalue weighted by Gasteiger charge is -2.44. The van der Waals surface area contributed by atoms with Crippen LogP contribution in [0.2, 0.25) is 0 Å². The molecule has 34 heavy (non-hydrogen) atoms. The van der Waals surface area contributed by atoms with Crippen LogP contribution in [0.25, 0.3) is 0 Å². The van der Waals surface area contributed by atoms with Gasteiger partial charge in [0, 0.05) is 24.4 Å². The average molecular weight is 481 g/mol. The van der Waals surface area contributed by atoms with Gasteiger partial charge >= 0.3 is 0 Å². The monoisotopic (exact) mass is 480 g/mol. The molecule has 0 spiro atoms. The van der Waals surface area contributed by atoms with Crippen molar-refractivity contribution >= 4 is 23.0 Å². The molecule has 1 heterocycles. The lowest BCUT2D eigenvalue weighted by atomic mass is 9.69. The molecule has 0 amide bonds. The summed E-state index contributed by atoms with van der Waals surface area (Å²) in [6, 6.07) is 17.7. The first-order valence-electron chi connectivity index (χ1n) is 11.8. The minimum Gasteiger partial charge on any atom is -0.501 e. The van der Waals surface area contributed by atoms with E-state index in [1.807, 2.05) is 75.4 Å². The van der Waals surface area contributed by atoms with Crippen LogP contribution in [0, 0.1) is 5.92 Å². The topological polar surface area (TPSA) is 54.0 Å². The normalized spacial score (nSPS) is 16.8. The Balaban J connectivity index is 1.77. The van der Waals surface area contributed by atoms with E-state index in [-0.39, 0.29) is 5.92 Å². The number of allylic oxidation sites excluding steroid dienone is 1. The molecule has 0 aromatic heterocycles. The zero-order valence-corrected chi connectivity index (χ0v) is 21.5. The molecule has 2 N–H and O–H groups in total. The summed E-state index contributed by atoms with van der Waals surface area (Å²) in [7, 11) is 1.64. The highest BCUT2D eigenvalue weighted by Crippen LogP contribution is 2.45. The van der Waals surface area contributed by atoms with E-state index in [1.165, 1.54) is 0 Å². The van der Waals surface area contributed by atoms with Crippen LogP contribution in [-0.4, -0.2) is 41.9 Å². The van der Waals surface area contributed by atoms with Gasteiger partial charge in [0.05, 0.1) is 19.5 Å². The van der Waals surface area contributed by atoms with Gasteiger partial charge in [-0.05, 0) is 87.2 Å². The molecule has 0 aliphatic carbocycles. The molecule has 1 atom stereocenters. The van der Waals surface area contributed by atoms with E-state index in [1.54, 1.807) is 7.11 Å². The highest BCUT2D eigenvalue weighted by atomic mass is 32.1. The summed E-state index contributed by atoms with van der Waals surface area (Å²) in [6.45, 7) is 12.1. The standard InChI is InChI=1S/C28H36N2O3S/c1-6-33-25-14-12-24(13-15-25)29-27(34)30-18-16-23(17-19-30)28(31,22-10-8-7-9-11-22)26(20(2)3)21(4)32-5/h7-15,23,31H,2,6,16-19H2,1,3-5H3,(H,29,34)/b26-21+. The first-order valence-corrected chi connectivity index (χ1v) is 12.2. The average Bonchev–Trinajstić information content (AvgIpc) is 2.85. The van der Waals surface area contributed by atoms with E-state index >= 15 is 0 Å². The van der Waals surface area contributed by atoms with Crippen molar-refractivity contribution in [1.29, 1.82) is 0 Å². The van der Waals surface area contributed by atoms with Crippen molar-refractivity contribution in [3.63, 3.8) is 0 Å². The Hall–Kier alpha value is -2.83. The first-order chi connectivity index (χ1) is 16.3. The van der Waals surface area contributed by atoms with Gasteiger partial charge in [0.2, 0.25) is 0 Å². The van der Waals surface area contributed by atoms with Gasteiger partial charge < -0.3 is 24.8 Å². The molecular weight excluding hydrogens is 444 g/mol. The maximum Gasteiger partial charge on any atom is 0.173 e. The second-order valence-electron chi connectivity index (χ2n) is 8.70. The van der Waals surface area contributed by atoms with E-state index in [0.29, 0.717) is 17.5 Å². The fourth-order valence-electron chi connectivity index (χ4n) is 4.78. The molecule has 0 saturated carbocycles. The second kappa shape index (κ2) is 11.5. The molecular formula is C28H36N2O3S. The zero-order valence-electron chi connectivity index (χ0n) is 20.6. The van der Waals surface area contributed by atoms with Crippen LogP contribution in [-0.2, 0) is 10.3 Å². The quantitative estimate of drug-likeness (QED) is 0.280. The van der Waals surface area contributed by atoms with E-state index in [2.05, 4.69) is 16.8 Å². The molecule has 5 nitrogen and oxygen atoms in total. The first kappa shape index (κ1) is 25.8. The van der Waals surface area contributed by atoms with Gasteiger partial charge in [0.25, 0.3) is 0 Å². The van der Waals surface area contributed by atoms with Crippen LogP contribution >= 0.6 is 12.2 Å². The zero-order chi connectivity index (χ0) is 24.7. The number of likely N-dealkylation sites (tertiary alicyclic amines) is 1. The summed E-state index contributed by atoms with van der Waals surface area (Å²) >= 11 is 5.70. The number of hydrogen-bond donors (Lipinski definition) is 2. The minimum atomic E-state index is -1.19. The lowest BCUT2D eigenvalue weighted by Crippen LogP contribution is -2.47. The number of rotatable bonds is 8. The van der Waals surface area contributed by atoms with Gasteiger partial charge in [-0.25, -0.2) is 0 Å². The molecule has 1 aliphatic rings. The second-order valence-corrected chi connectivity index (χ2v) is 9.08. The molecule has 2 aromatic carbocycles. The third-order valence-corrected chi connectivity index (χ3v) is 6.83. The fraction of sp³-hybridized carbons (Fsp3) is 0.393. The number of piperidine rings is 1. The molecule has 2 aromatic rings. The molecule has 0 radical (unpaired) electrons. The van der Waals surface area contributed by atoms with Gasteiger partial charge in [-0.3, -0.25) is 0 Å². The third-order valence-electron chi connectivity index (χ3n) is 6.47. The van der Waals surface area contributed by atoms with Gasteiger partial charge in [-0.2, -0.15) is 0 Å². The summed E-state index contributed by atoms with van der Waals surface area (Å²) < 4.78 is 11.1. The number of aliphatic hydroxyl groups is 1. The predicted molar refractivity (Wildman–Crippen MR) is 143 cm³/mol. The van der Waals surface area contributed by atoms with E-state index in [4.69, 9.17) is 21.7 Å². The van der Waals surface area contributed by atoms with Crippen LogP contribution in [0.3, 0.4) is 0 Å². The number of nitrogens with one attached hydrogen (secondary N) is 1. The maximum absolute atomic E-state index is 12.3. The highest BCUT2D eigenvalue weighted by molar-refractivity contribution is 7.80. The summed E-state index contributed by atoms with van der Waals surface area (Å²) in [6.07, 6.45) is 1.56. The molecule has 0 bridgehead atoms. The molecule has 1 aliphatic heterocycles. The SMILES string of the molecule is C=C(C)/C(=C(/C)OC)C(O)(c1ccccc1)C1CCN(C(=S)Nc2ccc(OCC)cc2)CC1. The Kier molecular flexibility index (Phi) is 8.75. The molecule has 3 rings (SSSR count). The van der Waals surface area contributed by atoms with Crippen LogP contribution < -0.4 is 10.1 Å². The molecule has 1 saturated heterocycles. The Bertz CT molecular complexity index is 1010. The highest BCUT2D eigenvalue weighted by Gasteiger charge is 2.44. The van der Waals surface area contributed by atoms with Crippen LogP contribution in [0.5, 0.6) is 5.75 Å². The van der Waals surface area contributed by atoms with Crippen molar-refractivity contribution < 1.29 is 14.6 Å². The van der Waals surface area contributed by atoms with Crippen molar-refractivity contribution in [2.75, 3.05) is 32.1 Å². The smallest absolute Gasteiger partial charge is 0.173 e. The van der Waals surface area contributed by atoms with Gasteiger partial charge in [-0.1, -0.05) is 36.9 Å². The summed E-state index contributed by atoms with van der Waals surface area (Å²) in [4.78, 5) is 2.17. The molecule has 1 fully saturated rings. The third kappa shape index (κ3) is 5.62. The number of methoxy groups -OCH3 is 1. The van der Waals surface area contributed by atoms with Crippen molar-refractivity contribution in [2.24, 2.45) is 5.92 Å². The van der Waals surface area contributed by atoms with Gasteiger partial charge in [0.1, 0.15) is 11.4 Å². The minimum absolute atomic E-state index is 0.00349. The van der Waals surface area contributed by atoms with Gasteiger partial charge in [-0.15, -0.1) is 0 Å². The predicted octanol–water partition coefficient (Wildman–Crippen LogP) is 5.88. The Labute approximate surface area is 209 Å². The molecule has 182 valence electrons. The number of anilines is 1. The fourth-order valence-corrected chi connectivity index (χ4v) is 5.08. The van der Waals surface area contributed by atoms with Crippen LogP contribution in [0.4, 0.5) is 5.69 Å². The Morgan fingerprint density at radius 3 is 2.26 bits per heavy atom. The van der Waals surface area contributed by atoms with Gasteiger partial charge in [0.15, 0.2) is 5.11 Å². The van der Waals surface area contributed by atoms with Crippen molar-refractivity contribution in [2.45, 2.75) is 39.2 Å². The maximum atomic E-state index is 12.3. The largest absolute Gasteiger partial charge is 0.501 e. The number of nitrogens with zero attached hydrogens (tertiary/aromatic N) is 1. The van der Waals surface area contributed by atoms with Crippen molar-refractivity contribution in [3.05, 3.63) is 83.6 Å². The lowest BCUT2D eigenvalue weighted by molar-refractivity contribution is -0.0118. The number of ether oxygens (including phenoxy) is 2. The summed E-state index contributed by atoms with van der Waals surface area (Å²) in [5, 5.41) is 16.3. The van der Waals surface area contributed by atoms with E-state index in [0.717, 1.165) is 54.1 Å². The molecule has 1 unspecified atom stereocenters.